The van der Waals surface area contributed by atoms with Crippen molar-refractivity contribution in [3.63, 3.8) is 0 Å². The van der Waals surface area contributed by atoms with E-state index in [9.17, 15) is 35.1 Å². The maximum atomic E-state index is 13.9. The number of amides is 2. The molecule has 64 heavy (non-hydrogen) atoms. The largest absolute Gasteiger partial charge is 0.393 e. The first-order valence-corrected chi connectivity index (χ1v) is 26.7. The highest BCUT2D eigenvalue weighted by atomic mass is 16.5. The molecular formula is C53H89N3O8. The number of nitrogens with one attached hydrogen (secondary N) is 1. The van der Waals surface area contributed by atoms with Crippen molar-refractivity contribution in [3.8, 4) is 0 Å². The van der Waals surface area contributed by atoms with Crippen LogP contribution in [0.4, 0.5) is 0 Å². The highest BCUT2D eigenvalue weighted by Gasteiger charge is 2.70. The third-order valence-electron chi connectivity index (χ3n) is 22.5. The summed E-state index contributed by atoms with van der Waals surface area (Å²) in [7, 11) is 0. The van der Waals surface area contributed by atoms with Crippen LogP contribution < -0.4 is 11.1 Å². The summed E-state index contributed by atoms with van der Waals surface area (Å²) in [5.41, 5.74) is 5.87. The second-order valence-electron chi connectivity index (χ2n) is 25.0. The van der Waals surface area contributed by atoms with Crippen LogP contribution in [0, 0.1) is 86.8 Å². The number of aliphatic hydroxyl groups is 5. The van der Waals surface area contributed by atoms with Crippen molar-refractivity contribution in [1.29, 1.82) is 0 Å². The molecule has 11 nitrogen and oxygen atoms in total. The molecule has 2 amide bonds. The summed E-state index contributed by atoms with van der Waals surface area (Å²) in [5, 5.41) is 59.6. The van der Waals surface area contributed by atoms with E-state index in [1.165, 1.54) is 0 Å². The smallest absolute Gasteiger partial charge is 0.222 e. The number of carbonyl (C=O) groups is 2. The molecule has 1 aliphatic heterocycles. The Kier molecular flexibility index (Phi) is 13.6. The molecule has 0 aromatic heterocycles. The predicted octanol–water partition coefficient (Wildman–Crippen LogP) is 6.20. The molecule has 0 radical (unpaired) electrons. The van der Waals surface area contributed by atoms with Crippen LogP contribution in [0.25, 0.3) is 0 Å². The van der Waals surface area contributed by atoms with Gasteiger partial charge in [-0.15, -0.1) is 0 Å². The van der Waals surface area contributed by atoms with Crippen LogP contribution in [0.5, 0.6) is 0 Å². The fourth-order valence-corrected chi connectivity index (χ4v) is 18.9. The molecule has 22 atom stereocenters. The monoisotopic (exact) mass is 896 g/mol. The number of carbonyl (C=O) groups excluding carboxylic acids is 2. The average molecular weight is 896 g/mol. The Bertz CT molecular complexity index is 1680. The maximum Gasteiger partial charge on any atom is 0.222 e. The van der Waals surface area contributed by atoms with Gasteiger partial charge in [-0.3, -0.25) is 9.59 Å². The lowest BCUT2D eigenvalue weighted by atomic mass is 9.43. The molecule has 8 N–H and O–H groups in total. The average Bonchev–Trinajstić information content (AvgIpc) is 3.90. The summed E-state index contributed by atoms with van der Waals surface area (Å²) in [4.78, 5) is 29.1. The fourth-order valence-electron chi connectivity index (χ4n) is 18.9. The van der Waals surface area contributed by atoms with Gasteiger partial charge in [0, 0.05) is 37.9 Å². The van der Waals surface area contributed by atoms with Crippen molar-refractivity contribution in [2.24, 2.45) is 92.5 Å². The van der Waals surface area contributed by atoms with Gasteiger partial charge in [-0.25, -0.2) is 0 Å². The van der Waals surface area contributed by atoms with E-state index in [4.69, 9.17) is 10.5 Å². The molecule has 0 spiro atoms. The summed E-state index contributed by atoms with van der Waals surface area (Å²) in [5.74, 6) is 3.69. The second-order valence-corrected chi connectivity index (χ2v) is 25.0. The number of hydrogen-bond acceptors (Lipinski definition) is 9. The van der Waals surface area contributed by atoms with Gasteiger partial charge in [-0.05, 0) is 203 Å². The number of nitrogens with two attached hydrogens (primary N) is 1. The first-order chi connectivity index (χ1) is 30.4. The van der Waals surface area contributed by atoms with Crippen LogP contribution in [0.1, 0.15) is 163 Å². The number of rotatable bonds is 14. The number of ether oxygens (including phenoxy) is 1. The third-order valence-corrected chi connectivity index (χ3v) is 22.5. The standard InChI is InChI=1S/C53H89N3O8/c1-30(35-9-11-37-48-39(28-44(61)52(35,37)4)50(2)18-16-33(57)24-31(50)26-41(48)59)8-15-47(63)56(22-6-20-54)23-7-21-55-46(62)14-13-43-36-10-12-38-49-40(29-45(64-43)53(36,38)5)51(3)19-17-34(58)25-32(51)27-42(49)60/h30-45,48-49,57-61H,6-29,54H2,1-5H3,(H,55,62)/t30?,31?,32?,33-,34-,35?,36?,37?,38?,39?,40?,41-,42-,43?,44+,45+,48?,49?,50-,51-,52+,53+/m0/s1. The Morgan fingerprint density at radius 2 is 1.28 bits per heavy atom. The zero-order valence-corrected chi connectivity index (χ0v) is 40.3. The molecule has 9 aliphatic rings. The zero-order chi connectivity index (χ0) is 45.5. The van der Waals surface area contributed by atoms with Crippen LogP contribution >= 0.6 is 0 Å². The first kappa shape index (κ1) is 47.7. The van der Waals surface area contributed by atoms with E-state index >= 15 is 0 Å². The maximum absolute atomic E-state index is 13.9. The van der Waals surface area contributed by atoms with E-state index < -0.39 is 6.10 Å². The van der Waals surface area contributed by atoms with Gasteiger partial charge in [0.05, 0.1) is 42.7 Å². The highest BCUT2D eigenvalue weighted by Crippen LogP contribution is 2.72. The normalized spacial score (nSPS) is 50.6. The van der Waals surface area contributed by atoms with Gasteiger partial charge in [0.1, 0.15) is 0 Å². The lowest BCUT2D eigenvalue weighted by molar-refractivity contribution is -0.207. The van der Waals surface area contributed by atoms with Gasteiger partial charge in [-0.1, -0.05) is 34.6 Å². The Labute approximate surface area is 385 Å². The van der Waals surface area contributed by atoms with Crippen molar-refractivity contribution in [1.82, 2.24) is 10.2 Å². The quantitative estimate of drug-likeness (QED) is 0.0999. The van der Waals surface area contributed by atoms with E-state index in [-0.39, 0.29) is 99.7 Å². The zero-order valence-electron chi connectivity index (χ0n) is 40.3. The Morgan fingerprint density at radius 1 is 0.703 bits per heavy atom. The topological polar surface area (TPSA) is 186 Å². The Hall–Kier alpha value is -1.34. The summed E-state index contributed by atoms with van der Waals surface area (Å²) < 4.78 is 6.97. The minimum atomic E-state index is -0.437. The van der Waals surface area contributed by atoms with Gasteiger partial charge >= 0.3 is 0 Å². The van der Waals surface area contributed by atoms with Crippen molar-refractivity contribution >= 4 is 11.8 Å². The molecule has 0 aromatic carbocycles. The molecule has 9 fully saturated rings. The summed E-state index contributed by atoms with van der Waals surface area (Å²) >= 11 is 0. The van der Waals surface area contributed by atoms with Crippen molar-refractivity contribution in [2.45, 2.75) is 206 Å². The minimum absolute atomic E-state index is 0.0405. The molecule has 8 saturated carbocycles. The number of hydrogen-bond donors (Lipinski definition) is 7. The number of fused-ring (bicyclic) bond motifs is 9. The van der Waals surface area contributed by atoms with Gasteiger partial charge < -0.3 is 46.2 Å². The SMILES string of the molecule is CC(CCC(=O)N(CCCN)CCCNC(=O)CCC1O[C@@H]2CC3C(C4CCC1[C@]42C)[C@@H](O)CC1C[C@@H](O)CC[C@@]13C)C1CCC2C3C(C[C@@H](O)[C@]12C)[C@@]1(C)CC[C@H](O)CC1C[C@@H]3O. The van der Waals surface area contributed by atoms with Crippen LogP contribution in [0.15, 0.2) is 0 Å². The molecule has 0 bridgehead atoms. The molecule has 1 saturated heterocycles. The molecule has 1 heterocycles. The minimum Gasteiger partial charge on any atom is -0.393 e. The molecule has 8 aliphatic carbocycles. The number of aliphatic hydroxyl groups excluding tert-OH is 5. The van der Waals surface area contributed by atoms with Gasteiger partial charge in [0.25, 0.3) is 0 Å². The predicted molar refractivity (Wildman–Crippen MR) is 246 cm³/mol. The lowest BCUT2D eigenvalue weighted by Crippen LogP contribution is -2.62. The van der Waals surface area contributed by atoms with Gasteiger partial charge in [0.15, 0.2) is 0 Å². The van der Waals surface area contributed by atoms with Crippen molar-refractivity contribution in [3.05, 3.63) is 0 Å². The third kappa shape index (κ3) is 7.87. The van der Waals surface area contributed by atoms with E-state index in [0.29, 0.717) is 87.4 Å². The fraction of sp³-hybridized carbons (Fsp3) is 0.962. The van der Waals surface area contributed by atoms with E-state index in [2.05, 4.69) is 39.9 Å². The lowest BCUT2D eigenvalue weighted by Gasteiger charge is -2.63. The Balaban J connectivity index is 0.739. The molecule has 9 rings (SSSR count). The van der Waals surface area contributed by atoms with Crippen LogP contribution in [-0.4, -0.2) is 111 Å². The summed E-state index contributed by atoms with van der Waals surface area (Å²) in [6, 6.07) is 0. The highest BCUT2D eigenvalue weighted by molar-refractivity contribution is 5.76. The first-order valence-electron chi connectivity index (χ1n) is 26.7. The van der Waals surface area contributed by atoms with Gasteiger partial charge in [0.2, 0.25) is 11.8 Å². The molecule has 12 unspecified atom stereocenters. The van der Waals surface area contributed by atoms with E-state index in [1.54, 1.807) is 0 Å². The van der Waals surface area contributed by atoms with Crippen LogP contribution in [-0.2, 0) is 14.3 Å². The molecule has 0 aromatic rings. The van der Waals surface area contributed by atoms with E-state index in [0.717, 1.165) is 103 Å². The summed E-state index contributed by atoms with van der Waals surface area (Å²) in [6.07, 6.45) is 15.1. The molecular weight excluding hydrogens is 807 g/mol. The van der Waals surface area contributed by atoms with Crippen LogP contribution in [0.2, 0.25) is 0 Å². The van der Waals surface area contributed by atoms with Crippen molar-refractivity contribution in [2.75, 3.05) is 26.2 Å². The van der Waals surface area contributed by atoms with Crippen molar-refractivity contribution < 1.29 is 39.9 Å². The Morgan fingerprint density at radius 3 is 1.92 bits per heavy atom. The molecule has 11 heteroatoms. The summed E-state index contributed by atoms with van der Waals surface area (Å²) in [6.45, 7) is 14.0. The second kappa shape index (κ2) is 18.2. The molecule has 364 valence electrons. The van der Waals surface area contributed by atoms with Crippen LogP contribution in [0.3, 0.4) is 0 Å². The van der Waals surface area contributed by atoms with Gasteiger partial charge in [-0.2, -0.15) is 0 Å². The number of nitrogens with zero attached hydrogens (tertiary/aromatic N) is 1. The van der Waals surface area contributed by atoms with E-state index in [1.807, 2.05) is 4.90 Å².